The van der Waals surface area contributed by atoms with Crippen LogP contribution in [0.3, 0.4) is 0 Å². The van der Waals surface area contributed by atoms with Gasteiger partial charge in [-0.15, -0.1) is 0 Å². The standard InChI is InChI=1S/C24H14N6/c25-13-23(27-15-19-11-9-17-5-1-3-7-21(17)29-19)24(14-26)28-16-20-12-10-18-6-2-4-8-22(18)30-20/h1-12,15-16H/b24-23+,27-15?,28-16?. The summed E-state index contributed by atoms with van der Waals surface area (Å²) in [5.74, 6) is 0. The van der Waals surface area contributed by atoms with Crippen molar-refractivity contribution < 1.29 is 0 Å². The lowest BCUT2D eigenvalue weighted by atomic mass is 10.2. The second kappa shape index (κ2) is 8.55. The summed E-state index contributed by atoms with van der Waals surface area (Å²) in [7, 11) is 0. The van der Waals surface area contributed by atoms with Gasteiger partial charge in [0.05, 0.1) is 34.9 Å². The zero-order valence-corrected chi connectivity index (χ0v) is 15.8. The Kier molecular flexibility index (Phi) is 5.32. The van der Waals surface area contributed by atoms with Crippen molar-refractivity contribution >= 4 is 34.2 Å². The van der Waals surface area contributed by atoms with Gasteiger partial charge in [-0.05, 0) is 24.3 Å². The van der Waals surface area contributed by atoms with Crippen LogP contribution in [0.1, 0.15) is 11.4 Å². The smallest absolute Gasteiger partial charge is 0.177 e. The van der Waals surface area contributed by atoms with Crippen molar-refractivity contribution in [3.63, 3.8) is 0 Å². The summed E-state index contributed by atoms with van der Waals surface area (Å²) >= 11 is 0. The molecule has 2 aromatic carbocycles. The largest absolute Gasteiger partial charge is 0.247 e. The summed E-state index contributed by atoms with van der Waals surface area (Å²) in [4.78, 5) is 17.2. The van der Waals surface area contributed by atoms with Gasteiger partial charge in [-0.1, -0.05) is 48.5 Å². The molecule has 6 nitrogen and oxygen atoms in total. The molecule has 0 aliphatic heterocycles. The lowest BCUT2D eigenvalue weighted by Crippen LogP contribution is -1.92. The fraction of sp³-hybridized carbons (Fsp3) is 0. The molecule has 0 spiro atoms. The SMILES string of the molecule is N#C/C(N=Cc1ccc2ccccc2n1)=C(/C#N)N=Cc1ccc2ccccc2n1. The van der Waals surface area contributed by atoms with Crippen molar-refractivity contribution in [2.24, 2.45) is 9.98 Å². The van der Waals surface area contributed by atoms with Crippen LogP contribution >= 0.6 is 0 Å². The topological polar surface area (TPSA) is 98.1 Å². The molecule has 30 heavy (non-hydrogen) atoms. The molecule has 0 radical (unpaired) electrons. The molecule has 4 rings (SSSR count). The maximum Gasteiger partial charge on any atom is 0.177 e. The average Bonchev–Trinajstić information content (AvgIpc) is 2.81. The van der Waals surface area contributed by atoms with E-state index in [1.807, 2.05) is 72.8 Å². The monoisotopic (exact) mass is 386 g/mol. The second-order valence-electron chi connectivity index (χ2n) is 6.29. The molecule has 0 N–H and O–H groups in total. The Morgan fingerprint density at radius 3 is 1.50 bits per heavy atom. The molecular formula is C24H14N6. The number of aliphatic imine (C=N–C) groups is 2. The normalized spacial score (nSPS) is 12.2. The van der Waals surface area contributed by atoms with E-state index >= 15 is 0 Å². The molecule has 0 aliphatic rings. The van der Waals surface area contributed by atoms with Crippen LogP contribution in [0, 0.1) is 22.7 Å². The Bertz CT molecular complexity index is 1310. The van der Waals surface area contributed by atoms with E-state index in [1.54, 1.807) is 12.1 Å². The molecule has 2 aromatic heterocycles. The minimum Gasteiger partial charge on any atom is -0.247 e. The Hall–Kier alpha value is -4.68. The molecule has 2 heterocycles. The van der Waals surface area contributed by atoms with Crippen molar-refractivity contribution in [3.8, 4) is 12.1 Å². The summed E-state index contributed by atoms with van der Waals surface area (Å²) in [6.45, 7) is 0. The molecule has 4 aromatic rings. The zero-order valence-electron chi connectivity index (χ0n) is 15.8. The van der Waals surface area contributed by atoms with Gasteiger partial charge in [0.2, 0.25) is 0 Å². The summed E-state index contributed by atoms with van der Waals surface area (Å²) in [5, 5.41) is 20.9. The average molecular weight is 386 g/mol. The fourth-order valence-corrected chi connectivity index (χ4v) is 2.85. The maximum atomic E-state index is 9.43. The molecule has 0 amide bonds. The number of pyridine rings is 2. The van der Waals surface area contributed by atoms with E-state index in [4.69, 9.17) is 0 Å². The third kappa shape index (κ3) is 4.09. The van der Waals surface area contributed by atoms with Crippen LogP contribution in [-0.4, -0.2) is 22.4 Å². The van der Waals surface area contributed by atoms with E-state index in [9.17, 15) is 10.5 Å². The van der Waals surface area contributed by atoms with Gasteiger partial charge in [-0.3, -0.25) is 0 Å². The number of hydrogen-bond acceptors (Lipinski definition) is 6. The highest BCUT2D eigenvalue weighted by atomic mass is 14.8. The number of para-hydroxylation sites is 2. The Morgan fingerprint density at radius 2 is 1.07 bits per heavy atom. The first-order valence-electron chi connectivity index (χ1n) is 9.11. The first kappa shape index (κ1) is 18.7. The second-order valence-corrected chi connectivity index (χ2v) is 6.29. The van der Waals surface area contributed by atoms with Gasteiger partial charge in [-0.2, -0.15) is 10.5 Å². The maximum absolute atomic E-state index is 9.43. The number of benzene rings is 2. The first-order valence-corrected chi connectivity index (χ1v) is 9.11. The van der Waals surface area contributed by atoms with Crippen molar-refractivity contribution in [2.75, 3.05) is 0 Å². The van der Waals surface area contributed by atoms with Crippen molar-refractivity contribution in [2.45, 2.75) is 0 Å². The van der Waals surface area contributed by atoms with Crippen LogP contribution < -0.4 is 0 Å². The molecule has 0 aliphatic carbocycles. The van der Waals surface area contributed by atoms with E-state index in [1.165, 1.54) is 12.4 Å². The molecular weight excluding hydrogens is 372 g/mol. The molecule has 0 atom stereocenters. The number of nitrogens with zero attached hydrogens (tertiary/aromatic N) is 6. The van der Waals surface area contributed by atoms with Crippen LogP contribution in [0.25, 0.3) is 21.8 Å². The van der Waals surface area contributed by atoms with Crippen molar-refractivity contribution in [1.29, 1.82) is 10.5 Å². The van der Waals surface area contributed by atoms with Crippen LogP contribution in [0.15, 0.2) is 94.2 Å². The van der Waals surface area contributed by atoms with Gasteiger partial charge in [-0.25, -0.2) is 20.0 Å². The highest BCUT2D eigenvalue weighted by molar-refractivity contribution is 5.87. The first-order chi connectivity index (χ1) is 14.8. The van der Waals surface area contributed by atoms with E-state index in [2.05, 4.69) is 20.0 Å². The number of allylic oxidation sites excluding steroid dienone is 2. The number of rotatable bonds is 4. The van der Waals surface area contributed by atoms with Gasteiger partial charge < -0.3 is 0 Å². The van der Waals surface area contributed by atoms with Crippen LogP contribution in [0.5, 0.6) is 0 Å². The molecule has 0 saturated heterocycles. The lowest BCUT2D eigenvalue weighted by Gasteiger charge is -1.99. The third-order valence-corrected chi connectivity index (χ3v) is 4.33. The van der Waals surface area contributed by atoms with E-state index in [-0.39, 0.29) is 11.4 Å². The fourth-order valence-electron chi connectivity index (χ4n) is 2.85. The molecule has 0 saturated carbocycles. The lowest BCUT2D eigenvalue weighted by molar-refractivity contribution is 1.26. The highest BCUT2D eigenvalue weighted by Gasteiger charge is 2.04. The van der Waals surface area contributed by atoms with Crippen molar-refractivity contribution in [3.05, 3.63) is 95.6 Å². The van der Waals surface area contributed by atoms with Gasteiger partial charge in [0.25, 0.3) is 0 Å². The molecule has 0 bridgehead atoms. The summed E-state index contributed by atoms with van der Waals surface area (Å²) in [5.41, 5.74) is 2.63. The zero-order chi connectivity index (χ0) is 20.8. The number of fused-ring (bicyclic) bond motifs is 2. The summed E-state index contributed by atoms with van der Waals surface area (Å²) in [6, 6.07) is 26.7. The Labute approximate surface area is 172 Å². The minimum absolute atomic E-state index is 0.0931. The van der Waals surface area contributed by atoms with E-state index in [0.717, 1.165) is 21.8 Å². The van der Waals surface area contributed by atoms with Crippen LogP contribution in [0.4, 0.5) is 0 Å². The van der Waals surface area contributed by atoms with E-state index < -0.39 is 0 Å². The summed E-state index contributed by atoms with van der Waals surface area (Å²) in [6.07, 6.45) is 2.90. The molecule has 0 unspecified atom stereocenters. The van der Waals surface area contributed by atoms with Gasteiger partial charge in [0.15, 0.2) is 11.4 Å². The van der Waals surface area contributed by atoms with Crippen LogP contribution in [0.2, 0.25) is 0 Å². The van der Waals surface area contributed by atoms with Gasteiger partial charge >= 0.3 is 0 Å². The Morgan fingerprint density at radius 1 is 0.633 bits per heavy atom. The molecule has 140 valence electrons. The van der Waals surface area contributed by atoms with Gasteiger partial charge in [0.1, 0.15) is 12.1 Å². The predicted molar refractivity (Wildman–Crippen MR) is 117 cm³/mol. The number of hydrogen-bond donors (Lipinski definition) is 0. The number of nitriles is 2. The number of aromatic nitrogens is 2. The van der Waals surface area contributed by atoms with Crippen LogP contribution in [-0.2, 0) is 0 Å². The minimum atomic E-state index is -0.0931. The highest BCUT2D eigenvalue weighted by Crippen LogP contribution is 2.13. The molecule has 6 heteroatoms. The predicted octanol–water partition coefficient (Wildman–Crippen LogP) is 4.58. The summed E-state index contributed by atoms with van der Waals surface area (Å²) < 4.78 is 0. The van der Waals surface area contributed by atoms with Crippen molar-refractivity contribution in [1.82, 2.24) is 9.97 Å². The Balaban J connectivity index is 1.62. The van der Waals surface area contributed by atoms with Gasteiger partial charge in [0, 0.05) is 10.8 Å². The van der Waals surface area contributed by atoms with E-state index in [0.29, 0.717) is 11.4 Å². The molecule has 0 fully saturated rings. The third-order valence-electron chi connectivity index (χ3n) is 4.33. The quantitative estimate of drug-likeness (QED) is 0.379.